The molecule has 0 spiro atoms. The molecular formula is C10H13F2NO. The lowest BCUT2D eigenvalue weighted by molar-refractivity contribution is 0.418. The highest BCUT2D eigenvalue weighted by Crippen LogP contribution is 2.26. The zero-order valence-corrected chi connectivity index (χ0v) is 8.09. The van der Waals surface area contributed by atoms with Crippen LogP contribution in [0.15, 0.2) is 12.1 Å². The van der Waals surface area contributed by atoms with Crippen molar-refractivity contribution in [2.24, 2.45) is 11.7 Å². The van der Waals surface area contributed by atoms with Crippen molar-refractivity contribution in [3.8, 4) is 5.75 Å². The summed E-state index contributed by atoms with van der Waals surface area (Å²) in [5.74, 6) is -2.21. The molecule has 0 heterocycles. The van der Waals surface area contributed by atoms with E-state index in [1.54, 1.807) is 0 Å². The van der Waals surface area contributed by atoms with Crippen molar-refractivity contribution in [2.75, 3.05) is 0 Å². The SMILES string of the molecule is CC(C)C(N)c1cc(F)c(O)cc1F. The summed E-state index contributed by atoms with van der Waals surface area (Å²) in [7, 11) is 0. The van der Waals surface area contributed by atoms with E-state index in [1.165, 1.54) is 0 Å². The van der Waals surface area contributed by atoms with E-state index < -0.39 is 23.4 Å². The maximum absolute atomic E-state index is 13.2. The average Bonchev–Trinajstić information content (AvgIpc) is 2.10. The Labute approximate surface area is 81.4 Å². The highest BCUT2D eigenvalue weighted by atomic mass is 19.1. The van der Waals surface area contributed by atoms with Crippen LogP contribution in [-0.4, -0.2) is 5.11 Å². The fraction of sp³-hybridized carbons (Fsp3) is 0.400. The Hall–Kier alpha value is -1.16. The average molecular weight is 201 g/mol. The van der Waals surface area contributed by atoms with Gasteiger partial charge in [0, 0.05) is 17.7 Å². The van der Waals surface area contributed by atoms with Crippen LogP contribution in [0, 0.1) is 17.6 Å². The van der Waals surface area contributed by atoms with Gasteiger partial charge in [-0.05, 0) is 12.0 Å². The van der Waals surface area contributed by atoms with E-state index in [4.69, 9.17) is 10.8 Å². The Balaban J connectivity index is 3.15. The molecule has 1 unspecified atom stereocenters. The Morgan fingerprint density at radius 1 is 1.21 bits per heavy atom. The third-order valence-electron chi connectivity index (χ3n) is 2.14. The minimum absolute atomic E-state index is 0.00782. The van der Waals surface area contributed by atoms with Gasteiger partial charge in [-0.15, -0.1) is 0 Å². The molecule has 0 saturated carbocycles. The molecule has 78 valence electrons. The first-order valence-corrected chi connectivity index (χ1v) is 4.37. The van der Waals surface area contributed by atoms with Crippen LogP contribution in [0.3, 0.4) is 0 Å². The number of nitrogens with two attached hydrogens (primary N) is 1. The van der Waals surface area contributed by atoms with Gasteiger partial charge in [-0.3, -0.25) is 0 Å². The molecular weight excluding hydrogens is 188 g/mol. The lowest BCUT2D eigenvalue weighted by atomic mass is 9.96. The van der Waals surface area contributed by atoms with Gasteiger partial charge in [0.05, 0.1) is 0 Å². The van der Waals surface area contributed by atoms with Crippen molar-refractivity contribution < 1.29 is 13.9 Å². The van der Waals surface area contributed by atoms with Crippen LogP contribution < -0.4 is 5.73 Å². The van der Waals surface area contributed by atoms with Gasteiger partial charge >= 0.3 is 0 Å². The van der Waals surface area contributed by atoms with Crippen LogP contribution in [0.1, 0.15) is 25.5 Å². The Bertz CT molecular complexity index is 339. The Morgan fingerprint density at radius 3 is 2.29 bits per heavy atom. The molecule has 1 aromatic carbocycles. The summed E-state index contributed by atoms with van der Waals surface area (Å²) in [6.07, 6.45) is 0. The topological polar surface area (TPSA) is 46.2 Å². The molecule has 0 aliphatic rings. The van der Waals surface area contributed by atoms with Crippen LogP contribution in [-0.2, 0) is 0 Å². The standard InChI is InChI=1S/C10H13F2NO/c1-5(2)10(13)6-3-8(12)9(14)4-7(6)11/h3-5,10,14H,13H2,1-2H3. The van der Waals surface area contributed by atoms with Gasteiger partial charge in [0.25, 0.3) is 0 Å². The minimum atomic E-state index is -0.850. The summed E-state index contributed by atoms with van der Waals surface area (Å²) in [6, 6.07) is 1.12. The number of benzene rings is 1. The van der Waals surface area contributed by atoms with Gasteiger partial charge in [0.1, 0.15) is 5.82 Å². The molecule has 1 aromatic rings. The van der Waals surface area contributed by atoms with Gasteiger partial charge in [-0.1, -0.05) is 13.8 Å². The molecule has 1 rings (SSSR count). The zero-order chi connectivity index (χ0) is 10.9. The number of phenols is 1. The Kier molecular flexibility index (Phi) is 3.06. The van der Waals surface area contributed by atoms with Gasteiger partial charge in [-0.25, -0.2) is 8.78 Å². The first kappa shape index (κ1) is 10.9. The van der Waals surface area contributed by atoms with E-state index in [2.05, 4.69) is 0 Å². The van der Waals surface area contributed by atoms with Crippen molar-refractivity contribution in [3.05, 3.63) is 29.3 Å². The summed E-state index contributed by atoms with van der Waals surface area (Å²) < 4.78 is 26.1. The monoisotopic (exact) mass is 201 g/mol. The summed E-state index contributed by atoms with van der Waals surface area (Å²) in [5.41, 5.74) is 5.76. The van der Waals surface area contributed by atoms with E-state index in [9.17, 15) is 8.78 Å². The quantitative estimate of drug-likeness (QED) is 0.771. The van der Waals surface area contributed by atoms with Gasteiger partial charge in [-0.2, -0.15) is 0 Å². The fourth-order valence-electron chi connectivity index (χ4n) is 1.17. The van der Waals surface area contributed by atoms with Crippen LogP contribution in [0.2, 0.25) is 0 Å². The second kappa shape index (κ2) is 3.92. The van der Waals surface area contributed by atoms with Crippen LogP contribution in [0.5, 0.6) is 5.75 Å². The zero-order valence-electron chi connectivity index (χ0n) is 8.09. The molecule has 0 fully saturated rings. The molecule has 1 atom stereocenters. The molecule has 14 heavy (non-hydrogen) atoms. The van der Waals surface area contributed by atoms with Gasteiger partial charge < -0.3 is 10.8 Å². The summed E-state index contributed by atoms with van der Waals surface area (Å²) >= 11 is 0. The second-order valence-electron chi connectivity index (χ2n) is 3.59. The van der Waals surface area contributed by atoms with Crippen molar-refractivity contribution in [3.63, 3.8) is 0 Å². The van der Waals surface area contributed by atoms with E-state index in [0.29, 0.717) is 0 Å². The smallest absolute Gasteiger partial charge is 0.165 e. The summed E-state index contributed by atoms with van der Waals surface area (Å²) in [4.78, 5) is 0. The highest BCUT2D eigenvalue weighted by molar-refractivity contribution is 5.31. The van der Waals surface area contributed by atoms with Crippen molar-refractivity contribution in [1.82, 2.24) is 0 Å². The van der Waals surface area contributed by atoms with Crippen molar-refractivity contribution in [2.45, 2.75) is 19.9 Å². The molecule has 2 nitrogen and oxygen atoms in total. The number of rotatable bonds is 2. The number of aromatic hydroxyl groups is 1. The molecule has 0 aliphatic heterocycles. The second-order valence-corrected chi connectivity index (χ2v) is 3.59. The third kappa shape index (κ3) is 2.01. The molecule has 0 saturated heterocycles. The largest absolute Gasteiger partial charge is 0.505 e. The number of hydrogen-bond donors (Lipinski definition) is 2. The molecule has 3 N–H and O–H groups in total. The molecule has 0 aliphatic carbocycles. The van der Waals surface area contributed by atoms with Crippen molar-refractivity contribution in [1.29, 1.82) is 0 Å². The maximum Gasteiger partial charge on any atom is 0.165 e. The van der Waals surface area contributed by atoms with Gasteiger partial charge in [0.15, 0.2) is 11.6 Å². The predicted octanol–water partition coefficient (Wildman–Crippen LogP) is 2.33. The normalized spacial score (nSPS) is 13.3. The van der Waals surface area contributed by atoms with E-state index in [0.717, 1.165) is 12.1 Å². The molecule has 4 heteroatoms. The predicted molar refractivity (Wildman–Crippen MR) is 49.8 cm³/mol. The molecule has 0 aromatic heterocycles. The molecule has 0 radical (unpaired) electrons. The first-order chi connectivity index (χ1) is 6.43. The van der Waals surface area contributed by atoms with Crippen LogP contribution in [0.25, 0.3) is 0 Å². The fourth-order valence-corrected chi connectivity index (χ4v) is 1.17. The lowest BCUT2D eigenvalue weighted by Gasteiger charge is -2.16. The third-order valence-corrected chi connectivity index (χ3v) is 2.14. The summed E-state index contributed by atoms with van der Waals surface area (Å²) in [5, 5.41) is 8.89. The lowest BCUT2D eigenvalue weighted by Crippen LogP contribution is -2.18. The summed E-state index contributed by atoms with van der Waals surface area (Å²) in [6.45, 7) is 3.63. The Morgan fingerprint density at radius 2 is 1.79 bits per heavy atom. The molecule has 0 amide bonds. The van der Waals surface area contributed by atoms with E-state index >= 15 is 0 Å². The van der Waals surface area contributed by atoms with Crippen LogP contribution in [0.4, 0.5) is 8.78 Å². The van der Waals surface area contributed by atoms with E-state index in [-0.39, 0.29) is 11.5 Å². The van der Waals surface area contributed by atoms with Gasteiger partial charge in [0.2, 0.25) is 0 Å². The van der Waals surface area contributed by atoms with Crippen molar-refractivity contribution >= 4 is 0 Å². The maximum atomic E-state index is 13.2. The molecule has 0 bridgehead atoms. The highest BCUT2D eigenvalue weighted by Gasteiger charge is 2.17. The number of hydrogen-bond acceptors (Lipinski definition) is 2. The van der Waals surface area contributed by atoms with E-state index in [1.807, 2.05) is 13.8 Å². The minimum Gasteiger partial charge on any atom is -0.505 e. The van der Waals surface area contributed by atoms with Crippen LogP contribution >= 0.6 is 0 Å². The number of phenolic OH excluding ortho intramolecular Hbond substituents is 1. The number of halogens is 2. The first-order valence-electron chi connectivity index (χ1n) is 4.37.